The monoisotopic (exact) mass is 520 g/mol. The Labute approximate surface area is 221 Å². The predicted molar refractivity (Wildman–Crippen MR) is 145 cm³/mol. The van der Waals surface area contributed by atoms with Gasteiger partial charge in [-0.05, 0) is 60.7 Å². The summed E-state index contributed by atoms with van der Waals surface area (Å²) in [4.78, 5) is 41.2. The minimum atomic E-state index is -0.700. The minimum Gasteiger partial charge on any atom is -0.497 e. The number of hydrogen-bond donors (Lipinski definition) is 0. The number of hydrogen-bond acceptors (Lipinski definition) is 8. The fourth-order valence-corrected chi connectivity index (χ4v) is 3.84. The molecule has 0 bridgehead atoms. The Morgan fingerprint density at radius 2 is 1.64 bits per heavy atom. The maximum Gasteiger partial charge on any atom is 0.343 e. The average Bonchev–Trinajstić information content (AvgIpc) is 2.97. The van der Waals surface area contributed by atoms with Crippen molar-refractivity contribution in [3.8, 4) is 22.9 Å². The summed E-state index contributed by atoms with van der Waals surface area (Å²) in [6, 6.07) is 25.8. The summed E-state index contributed by atoms with van der Waals surface area (Å²) in [6.07, 6.45) is 1.41. The number of nitrogens with zero attached hydrogens (tertiary/aromatic N) is 4. The highest BCUT2D eigenvalue weighted by Crippen LogP contribution is 2.23. The highest BCUT2D eigenvalue weighted by molar-refractivity contribution is 5.93. The average molecular weight is 521 g/mol. The summed E-state index contributed by atoms with van der Waals surface area (Å²) in [5, 5.41) is 15.7. The van der Waals surface area contributed by atoms with Gasteiger partial charge in [0.25, 0.3) is 11.2 Å². The van der Waals surface area contributed by atoms with E-state index in [0.717, 1.165) is 0 Å². The highest BCUT2D eigenvalue weighted by Gasteiger charge is 2.15. The van der Waals surface area contributed by atoms with E-state index in [1.54, 1.807) is 79.9 Å². The van der Waals surface area contributed by atoms with E-state index in [-0.39, 0.29) is 22.6 Å². The second kappa shape index (κ2) is 10.8. The molecule has 10 nitrogen and oxygen atoms in total. The van der Waals surface area contributed by atoms with Crippen molar-refractivity contribution in [1.29, 1.82) is 0 Å². The normalized spacial score (nSPS) is 11.0. The number of carbonyl (C=O) groups excluding carboxylic acids is 1. The molecule has 0 saturated carbocycles. The van der Waals surface area contributed by atoms with Crippen molar-refractivity contribution in [2.45, 2.75) is 0 Å². The van der Waals surface area contributed by atoms with Crippen molar-refractivity contribution in [1.82, 2.24) is 9.66 Å². The van der Waals surface area contributed by atoms with Crippen LogP contribution in [0.4, 0.5) is 5.69 Å². The molecule has 0 saturated heterocycles. The summed E-state index contributed by atoms with van der Waals surface area (Å²) in [7, 11) is 1.56. The quantitative estimate of drug-likeness (QED) is 0.0963. The molecule has 10 heteroatoms. The SMILES string of the molecule is COc1ccc(-c2nc3ccccc3c(=O)n2N=Cc2ccccc2OC(=O)c2ccc([N+](=O)[O-])cc2)cc1. The molecule has 5 aromatic rings. The number of rotatable bonds is 7. The number of benzene rings is 4. The van der Waals surface area contributed by atoms with Gasteiger partial charge in [0.2, 0.25) is 0 Å². The van der Waals surface area contributed by atoms with Gasteiger partial charge in [-0.3, -0.25) is 14.9 Å². The summed E-state index contributed by atoms with van der Waals surface area (Å²) in [6.45, 7) is 0. The molecule has 0 aliphatic heterocycles. The molecule has 0 fully saturated rings. The molecule has 1 heterocycles. The Morgan fingerprint density at radius 1 is 0.949 bits per heavy atom. The lowest BCUT2D eigenvalue weighted by Crippen LogP contribution is -2.20. The molecule has 0 radical (unpaired) electrons. The van der Waals surface area contributed by atoms with Crippen LogP contribution in [0.2, 0.25) is 0 Å². The van der Waals surface area contributed by atoms with Crippen molar-refractivity contribution in [3.63, 3.8) is 0 Å². The Balaban J connectivity index is 1.52. The van der Waals surface area contributed by atoms with Gasteiger partial charge in [-0.1, -0.05) is 24.3 Å². The topological polar surface area (TPSA) is 126 Å². The summed E-state index contributed by atoms with van der Waals surface area (Å²) < 4.78 is 12.0. The molecule has 0 atom stereocenters. The molecular formula is C29H20N4O6. The Bertz CT molecular complexity index is 1780. The van der Waals surface area contributed by atoms with Crippen molar-refractivity contribution in [3.05, 3.63) is 129 Å². The molecule has 0 unspecified atom stereocenters. The van der Waals surface area contributed by atoms with Crippen LogP contribution in [0.15, 0.2) is 107 Å². The fraction of sp³-hybridized carbons (Fsp3) is 0.0345. The van der Waals surface area contributed by atoms with Crippen LogP contribution in [0.5, 0.6) is 11.5 Å². The van der Waals surface area contributed by atoms with Crippen molar-refractivity contribution in [2.24, 2.45) is 5.10 Å². The molecule has 0 N–H and O–H groups in total. The first kappa shape index (κ1) is 25.0. The molecule has 0 spiro atoms. The zero-order chi connectivity index (χ0) is 27.4. The predicted octanol–water partition coefficient (Wildman–Crippen LogP) is 5.08. The Hall–Kier alpha value is -5.64. The van der Waals surface area contributed by atoms with Gasteiger partial charge in [0.05, 0.1) is 34.7 Å². The summed E-state index contributed by atoms with van der Waals surface area (Å²) in [5.41, 5.74) is 1.23. The molecule has 0 amide bonds. The molecular weight excluding hydrogens is 500 g/mol. The smallest absolute Gasteiger partial charge is 0.343 e. The number of para-hydroxylation sites is 2. The van der Waals surface area contributed by atoms with Crippen LogP contribution in [0, 0.1) is 10.1 Å². The number of esters is 1. The van der Waals surface area contributed by atoms with Crippen LogP contribution < -0.4 is 15.0 Å². The van der Waals surface area contributed by atoms with Gasteiger partial charge in [-0.15, -0.1) is 0 Å². The van der Waals surface area contributed by atoms with E-state index in [0.29, 0.717) is 33.6 Å². The number of methoxy groups -OCH3 is 1. The third-order valence-corrected chi connectivity index (χ3v) is 5.85. The number of carbonyl (C=O) groups is 1. The Kier molecular flexibility index (Phi) is 6.91. The second-order valence-corrected chi connectivity index (χ2v) is 8.27. The molecule has 5 rings (SSSR count). The first-order chi connectivity index (χ1) is 18.9. The number of ether oxygens (including phenoxy) is 2. The van der Waals surface area contributed by atoms with Crippen LogP contribution in [0.3, 0.4) is 0 Å². The van der Waals surface area contributed by atoms with Gasteiger partial charge < -0.3 is 9.47 Å². The maximum absolute atomic E-state index is 13.4. The van der Waals surface area contributed by atoms with Crippen molar-refractivity contribution >= 4 is 28.8 Å². The molecule has 4 aromatic carbocycles. The van der Waals surface area contributed by atoms with Crippen LogP contribution in [0.25, 0.3) is 22.3 Å². The van der Waals surface area contributed by atoms with E-state index < -0.39 is 10.9 Å². The molecule has 0 aliphatic carbocycles. The van der Waals surface area contributed by atoms with Gasteiger partial charge in [0.1, 0.15) is 11.5 Å². The zero-order valence-electron chi connectivity index (χ0n) is 20.6. The van der Waals surface area contributed by atoms with Gasteiger partial charge >= 0.3 is 5.97 Å². The van der Waals surface area contributed by atoms with Gasteiger partial charge in [0.15, 0.2) is 5.82 Å². The number of nitro benzene ring substituents is 1. The van der Waals surface area contributed by atoms with E-state index in [1.165, 1.54) is 35.2 Å². The molecule has 39 heavy (non-hydrogen) atoms. The van der Waals surface area contributed by atoms with Crippen LogP contribution in [-0.2, 0) is 0 Å². The standard InChI is InChI=1S/C29H20N4O6/c1-38-23-16-12-19(13-17-23)27-31-25-8-4-3-7-24(25)28(34)32(27)30-18-21-6-2-5-9-26(21)39-29(35)20-10-14-22(15-11-20)33(36)37/h2-18H,1H3. The molecule has 0 aliphatic rings. The van der Waals surface area contributed by atoms with E-state index in [4.69, 9.17) is 9.47 Å². The third kappa shape index (κ3) is 5.25. The lowest BCUT2D eigenvalue weighted by Gasteiger charge is -2.11. The lowest BCUT2D eigenvalue weighted by molar-refractivity contribution is -0.384. The molecule has 1 aromatic heterocycles. The van der Waals surface area contributed by atoms with Crippen LogP contribution in [0.1, 0.15) is 15.9 Å². The lowest BCUT2D eigenvalue weighted by atomic mass is 10.2. The van der Waals surface area contributed by atoms with Gasteiger partial charge in [0, 0.05) is 23.3 Å². The minimum absolute atomic E-state index is 0.138. The van der Waals surface area contributed by atoms with Crippen LogP contribution in [-0.4, -0.2) is 33.9 Å². The second-order valence-electron chi connectivity index (χ2n) is 8.27. The summed E-state index contributed by atoms with van der Waals surface area (Å²) >= 11 is 0. The number of aromatic nitrogens is 2. The number of non-ortho nitro benzene ring substituents is 1. The molecule has 192 valence electrons. The van der Waals surface area contributed by atoms with E-state index in [9.17, 15) is 19.7 Å². The van der Waals surface area contributed by atoms with E-state index in [1.807, 2.05) is 0 Å². The van der Waals surface area contributed by atoms with E-state index >= 15 is 0 Å². The van der Waals surface area contributed by atoms with Gasteiger partial charge in [-0.25, -0.2) is 9.78 Å². The fourth-order valence-electron chi connectivity index (χ4n) is 3.84. The summed E-state index contributed by atoms with van der Waals surface area (Å²) in [5.74, 6) is 0.463. The van der Waals surface area contributed by atoms with E-state index in [2.05, 4.69) is 10.1 Å². The van der Waals surface area contributed by atoms with Crippen LogP contribution >= 0.6 is 0 Å². The number of fused-ring (bicyclic) bond motifs is 1. The number of nitro groups is 1. The zero-order valence-corrected chi connectivity index (χ0v) is 20.6. The third-order valence-electron chi connectivity index (χ3n) is 5.85. The largest absolute Gasteiger partial charge is 0.497 e. The highest BCUT2D eigenvalue weighted by atomic mass is 16.6. The Morgan fingerprint density at radius 3 is 2.36 bits per heavy atom. The first-order valence-corrected chi connectivity index (χ1v) is 11.7. The maximum atomic E-state index is 13.4. The van der Waals surface area contributed by atoms with Crippen molar-refractivity contribution < 1.29 is 19.2 Å². The first-order valence-electron chi connectivity index (χ1n) is 11.7. The van der Waals surface area contributed by atoms with Crippen molar-refractivity contribution in [2.75, 3.05) is 7.11 Å². The van der Waals surface area contributed by atoms with Gasteiger partial charge in [-0.2, -0.15) is 9.78 Å².